The van der Waals surface area contributed by atoms with Crippen molar-refractivity contribution in [1.82, 2.24) is 0 Å². The minimum atomic E-state index is -0.396. The molecule has 30 heavy (non-hydrogen) atoms. The first-order valence-electron chi connectivity index (χ1n) is 12.3. The first-order valence-corrected chi connectivity index (χ1v) is 12.3. The second-order valence-electron chi connectivity index (χ2n) is 11.7. The van der Waals surface area contributed by atoms with E-state index in [4.69, 9.17) is 10.5 Å². The molecule has 11 atom stereocenters. The Kier molecular flexibility index (Phi) is 6.04. The molecule has 0 aromatic carbocycles. The molecular weight excluding hydrogens is 378 g/mol. The van der Waals surface area contributed by atoms with Gasteiger partial charge in [0.25, 0.3) is 0 Å². The monoisotopic (exact) mass is 421 g/mol. The quantitative estimate of drug-likeness (QED) is 0.604. The molecule has 0 aliphatic heterocycles. The number of ether oxygens (including phenoxy) is 1. The van der Waals surface area contributed by atoms with Gasteiger partial charge in [-0.2, -0.15) is 0 Å². The summed E-state index contributed by atoms with van der Waals surface area (Å²) in [5.41, 5.74) is 6.69. The molecule has 0 radical (unpaired) electrons. The molecule has 0 aromatic rings. The third-order valence-electron chi connectivity index (χ3n) is 10.5. The Morgan fingerprint density at radius 2 is 1.90 bits per heavy atom. The molecule has 4 fully saturated rings. The van der Waals surface area contributed by atoms with E-state index < -0.39 is 6.10 Å². The Morgan fingerprint density at radius 1 is 1.17 bits per heavy atom. The maximum absolute atomic E-state index is 11.7. The Bertz CT molecular complexity index is 655. The molecule has 4 N–H and O–H groups in total. The zero-order chi connectivity index (χ0) is 21.8. The van der Waals surface area contributed by atoms with Crippen molar-refractivity contribution in [2.45, 2.75) is 96.8 Å². The smallest absolute Gasteiger partial charge is 0.305 e. The van der Waals surface area contributed by atoms with Crippen molar-refractivity contribution in [3.63, 3.8) is 0 Å². The maximum Gasteiger partial charge on any atom is 0.305 e. The number of hydrogen-bond donors (Lipinski definition) is 3. The number of carbonyl (C=O) groups excluding carboxylic acids is 1. The van der Waals surface area contributed by atoms with E-state index in [1.807, 2.05) is 0 Å². The van der Waals surface area contributed by atoms with E-state index in [1.165, 1.54) is 32.8 Å². The van der Waals surface area contributed by atoms with Crippen LogP contribution in [0.2, 0.25) is 0 Å². The van der Waals surface area contributed by atoms with E-state index in [9.17, 15) is 15.0 Å². The van der Waals surface area contributed by atoms with E-state index in [1.54, 1.807) is 0 Å². The fraction of sp³-hybridized carbons (Fsp3) is 0.960. The lowest BCUT2D eigenvalue weighted by Crippen LogP contribution is -2.62. The van der Waals surface area contributed by atoms with Crippen LogP contribution in [0.3, 0.4) is 0 Å². The minimum Gasteiger partial charge on any atom is -0.469 e. The van der Waals surface area contributed by atoms with Crippen LogP contribution < -0.4 is 5.73 Å². The van der Waals surface area contributed by atoms with Gasteiger partial charge in [0.1, 0.15) is 0 Å². The number of esters is 1. The van der Waals surface area contributed by atoms with Crippen LogP contribution >= 0.6 is 0 Å². The summed E-state index contributed by atoms with van der Waals surface area (Å²) in [6.45, 7) is 6.85. The van der Waals surface area contributed by atoms with Crippen LogP contribution in [-0.4, -0.2) is 41.5 Å². The van der Waals surface area contributed by atoms with Gasteiger partial charge in [-0.15, -0.1) is 0 Å². The molecule has 0 bridgehead atoms. The average molecular weight is 422 g/mol. The van der Waals surface area contributed by atoms with Gasteiger partial charge in [0.05, 0.1) is 19.3 Å². The van der Waals surface area contributed by atoms with Crippen LogP contribution in [0.25, 0.3) is 0 Å². The first kappa shape index (κ1) is 22.5. The lowest BCUT2D eigenvalue weighted by Gasteiger charge is -2.63. The van der Waals surface area contributed by atoms with Gasteiger partial charge in [-0.1, -0.05) is 33.6 Å². The summed E-state index contributed by atoms with van der Waals surface area (Å²) in [6, 6.07) is 0.00475. The normalized spacial score (nSPS) is 51.4. The van der Waals surface area contributed by atoms with Crippen LogP contribution in [0.4, 0.5) is 0 Å². The standard InChI is InChI=1S/C25H43NO4/c1-14(8-9-21(29)30-4)23-18(26)12-17-22-16(13-20(28)25(17,23)3)24(2)10-6-5-7-15(24)11-19(22)27/h14-20,22-23,27-28H,5-13,26H2,1-4H3/t14-,15?,16+,17+,18?,19?,20?,22-,23+,24+,25-/m1/s1. The third-order valence-corrected chi connectivity index (χ3v) is 10.5. The lowest BCUT2D eigenvalue weighted by atomic mass is 9.43. The Balaban J connectivity index is 1.62. The highest BCUT2D eigenvalue weighted by molar-refractivity contribution is 5.69. The fourth-order valence-corrected chi connectivity index (χ4v) is 9.04. The summed E-state index contributed by atoms with van der Waals surface area (Å²) in [5.74, 6) is 1.67. The Morgan fingerprint density at radius 3 is 2.60 bits per heavy atom. The molecule has 5 heteroatoms. The molecule has 0 spiro atoms. The number of fused-ring (bicyclic) bond motifs is 5. The number of methoxy groups -OCH3 is 1. The van der Waals surface area contributed by atoms with E-state index in [0.29, 0.717) is 18.3 Å². The van der Waals surface area contributed by atoms with Gasteiger partial charge in [-0.25, -0.2) is 0 Å². The van der Waals surface area contributed by atoms with Gasteiger partial charge >= 0.3 is 5.97 Å². The molecular formula is C25H43NO4. The van der Waals surface area contributed by atoms with Crippen molar-refractivity contribution in [1.29, 1.82) is 0 Å². The van der Waals surface area contributed by atoms with Crippen molar-refractivity contribution in [2.75, 3.05) is 7.11 Å². The molecule has 0 saturated heterocycles. The molecule has 172 valence electrons. The van der Waals surface area contributed by atoms with Gasteiger partial charge in [-0.05, 0) is 79.4 Å². The molecule has 0 heterocycles. The van der Waals surface area contributed by atoms with E-state index >= 15 is 0 Å². The highest BCUT2D eigenvalue weighted by atomic mass is 16.5. The van der Waals surface area contributed by atoms with Crippen molar-refractivity contribution < 1.29 is 19.7 Å². The molecule has 5 nitrogen and oxygen atoms in total. The maximum atomic E-state index is 11.7. The van der Waals surface area contributed by atoms with Crippen LogP contribution in [0.1, 0.15) is 78.6 Å². The molecule has 4 rings (SSSR count). The van der Waals surface area contributed by atoms with Crippen molar-refractivity contribution >= 4 is 5.97 Å². The SMILES string of the molecule is COC(=O)CC[C@@H](C)[C@H]1C(N)C[C@H]2[C@@H]3C(O)CC4CCCC[C@]4(C)[C@H]3CC(O)[C@]12C. The van der Waals surface area contributed by atoms with Crippen LogP contribution in [0.15, 0.2) is 0 Å². The van der Waals surface area contributed by atoms with Crippen LogP contribution in [-0.2, 0) is 9.53 Å². The number of rotatable bonds is 4. The average Bonchev–Trinajstić information content (AvgIpc) is 2.98. The van der Waals surface area contributed by atoms with E-state index in [-0.39, 0.29) is 52.6 Å². The molecule has 4 unspecified atom stereocenters. The van der Waals surface area contributed by atoms with Crippen molar-refractivity contribution in [3.8, 4) is 0 Å². The predicted octanol–water partition coefficient (Wildman–Crippen LogP) is 3.50. The van der Waals surface area contributed by atoms with Gasteiger partial charge in [0, 0.05) is 17.9 Å². The summed E-state index contributed by atoms with van der Waals surface area (Å²) in [5, 5.41) is 22.9. The highest BCUT2D eigenvalue weighted by Gasteiger charge is 2.66. The Hall–Kier alpha value is -0.650. The van der Waals surface area contributed by atoms with Crippen LogP contribution in [0.5, 0.6) is 0 Å². The second-order valence-corrected chi connectivity index (χ2v) is 11.7. The van der Waals surface area contributed by atoms with Gasteiger partial charge < -0.3 is 20.7 Å². The summed E-state index contributed by atoms with van der Waals surface area (Å²) >= 11 is 0. The fourth-order valence-electron chi connectivity index (χ4n) is 9.04. The summed E-state index contributed by atoms with van der Waals surface area (Å²) < 4.78 is 4.84. The van der Waals surface area contributed by atoms with Gasteiger partial charge in [-0.3, -0.25) is 4.79 Å². The van der Waals surface area contributed by atoms with Crippen molar-refractivity contribution in [3.05, 3.63) is 0 Å². The van der Waals surface area contributed by atoms with Crippen LogP contribution in [0, 0.1) is 46.3 Å². The summed E-state index contributed by atoms with van der Waals surface area (Å²) in [4.78, 5) is 11.7. The molecule has 4 aliphatic rings. The summed E-state index contributed by atoms with van der Waals surface area (Å²) in [7, 11) is 1.43. The molecule has 4 aliphatic carbocycles. The highest BCUT2D eigenvalue weighted by Crippen LogP contribution is 2.68. The summed E-state index contributed by atoms with van der Waals surface area (Å²) in [6.07, 6.45) is 8.03. The van der Waals surface area contributed by atoms with E-state index in [0.717, 1.165) is 25.7 Å². The predicted molar refractivity (Wildman–Crippen MR) is 116 cm³/mol. The number of nitrogens with two attached hydrogens (primary N) is 1. The molecule has 4 saturated carbocycles. The Labute approximate surface area is 182 Å². The lowest BCUT2D eigenvalue weighted by molar-refractivity contribution is -0.201. The first-order chi connectivity index (χ1) is 14.1. The number of carbonyl (C=O) groups is 1. The van der Waals surface area contributed by atoms with E-state index in [2.05, 4.69) is 20.8 Å². The van der Waals surface area contributed by atoms with Gasteiger partial charge in [0.15, 0.2) is 0 Å². The number of hydrogen-bond acceptors (Lipinski definition) is 5. The largest absolute Gasteiger partial charge is 0.469 e. The molecule has 0 amide bonds. The van der Waals surface area contributed by atoms with Gasteiger partial charge in [0.2, 0.25) is 0 Å². The third kappa shape index (κ3) is 3.26. The zero-order valence-electron chi connectivity index (χ0n) is 19.3. The number of aliphatic hydroxyl groups excluding tert-OH is 2. The number of aliphatic hydroxyl groups is 2. The second kappa shape index (κ2) is 8.04. The molecule has 0 aromatic heterocycles. The topological polar surface area (TPSA) is 92.8 Å². The zero-order valence-corrected chi connectivity index (χ0v) is 19.3. The van der Waals surface area contributed by atoms with Crippen molar-refractivity contribution in [2.24, 2.45) is 52.1 Å². The minimum absolute atomic E-state index is 0.00475.